The van der Waals surface area contributed by atoms with Crippen molar-refractivity contribution in [3.8, 4) is 22.3 Å². The van der Waals surface area contributed by atoms with Gasteiger partial charge in [0.25, 0.3) is 0 Å². The number of hydrogen-bond donors (Lipinski definition) is 0. The third-order valence-corrected chi connectivity index (χ3v) is 8.62. The van der Waals surface area contributed by atoms with Gasteiger partial charge in [0.15, 0.2) is 0 Å². The molecule has 40 heavy (non-hydrogen) atoms. The summed E-state index contributed by atoms with van der Waals surface area (Å²) >= 11 is -0.826. The third kappa shape index (κ3) is 7.14. The molecule has 0 aromatic heterocycles. The van der Waals surface area contributed by atoms with Crippen LogP contribution >= 0.6 is 17.0 Å². The molecule has 0 N–H and O–H groups in total. The molecule has 2 radical (unpaired) electrons. The summed E-state index contributed by atoms with van der Waals surface area (Å²) in [5.74, 6) is 0.512. The van der Waals surface area contributed by atoms with Crippen LogP contribution in [0.1, 0.15) is 62.8 Å². The Kier molecular flexibility index (Phi) is 10.4. The second-order valence-corrected chi connectivity index (χ2v) is 16.8. The minimum absolute atomic E-state index is 0.177. The van der Waals surface area contributed by atoms with Crippen LogP contribution in [0, 0.1) is 19.9 Å². The molecule has 0 bridgehead atoms. The Morgan fingerprint density at radius 3 is 2.15 bits per heavy atom. The maximum Gasteiger partial charge on any atom is 0.0920 e. The number of hydrogen-bond acceptors (Lipinski definition) is 0. The molecule has 1 aliphatic rings. The van der Waals surface area contributed by atoms with Gasteiger partial charge in [0, 0.05) is 0 Å². The normalized spacial score (nSPS) is 11.7. The van der Waals surface area contributed by atoms with Gasteiger partial charge in [-0.05, 0) is 30.7 Å². The Labute approximate surface area is 262 Å². The van der Waals surface area contributed by atoms with E-state index in [2.05, 4.69) is 133 Å². The largest absolute Gasteiger partial charge is 0.184 e. The summed E-state index contributed by atoms with van der Waals surface area (Å²) in [6, 6.07) is 34.5. The Hall–Kier alpha value is -1.83. The van der Waals surface area contributed by atoms with Crippen molar-refractivity contribution in [3.05, 3.63) is 113 Å². The fourth-order valence-corrected chi connectivity index (χ4v) is 6.69. The molecule has 1 heterocycles. The monoisotopic (exact) mass is 656 g/mol. The molecule has 0 nitrogen and oxygen atoms in total. The molecule has 6 rings (SSSR count). The van der Waals surface area contributed by atoms with Gasteiger partial charge < -0.3 is 0 Å². The van der Waals surface area contributed by atoms with Crippen LogP contribution in [0.25, 0.3) is 33.0 Å². The summed E-state index contributed by atoms with van der Waals surface area (Å²) in [6.07, 6.45) is 0. The van der Waals surface area contributed by atoms with E-state index in [-0.39, 0.29) is 5.41 Å². The molecule has 1 aliphatic heterocycles. The average molecular weight is 659 g/mol. The molecule has 0 aliphatic carbocycles. The first-order valence-corrected chi connectivity index (χ1v) is 21.0. The van der Waals surface area contributed by atoms with E-state index < -0.39 is 20.8 Å². The quantitative estimate of drug-likeness (QED) is 0.128. The Morgan fingerprint density at radius 1 is 0.850 bits per heavy atom. The van der Waals surface area contributed by atoms with Gasteiger partial charge in [-0.15, -0.1) is 40.1 Å². The summed E-state index contributed by atoms with van der Waals surface area (Å²) in [6.45, 7) is 15.8. The number of rotatable bonds is 2. The molecule has 0 spiro atoms. The summed E-state index contributed by atoms with van der Waals surface area (Å²) in [5.41, 5.74) is 11.2. The summed E-state index contributed by atoms with van der Waals surface area (Å²) in [7, 11) is 10.7. The van der Waals surface area contributed by atoms with E-state index in [1.807, 2.05) is 6.07 Å². The molecular weight excluding hydrogens is 623 g/mol. The number of benzene rings is 4. The topological polar surface area (TPSA) is 0 Å². The van der Waals surface area contributed by atoms with Crippen LogP contribution < -0.4 is 10.4 Å². The van der Waals surface area contributed by atoms with Crippen molar-refractivity contribution >= 4 is 47.7 Å². The van der Waals surface area contributed by atoms with E-state index in [1.54, 1.807) is 0 Å². The van der Waals surface area contributed by atoms with Crippen LogP contribution in [0.2, 0.25) is 0 Å². The van der Waals surface area contributed by atoms with Crippen molar-refractivity contribution in [2.45, 2.75) is 59.8 Å². The molecule has 0 fully saturated rings. The van der Waals surface area contributed by atoms with Crippen LogP contribution in [-0.2, 0) is 26.3 Å². The summed E-state index contributed by atoms with van der Waals surface area (Å²) in [5, 5.41) is 5.58. The number of halogens is 2. The maximum atomic E-state index is 4.93. The molecule has 0 unspecified atom stereocenters. The Balaban J connectivity index is 0.000000192. The molecule has 0 saturated heterocycles. The molecule has 5 aromatic carbocycles. The fraction of sp³-hybridized carbons (Fsp3) is 0.250. The molecule has 202 valence electrons. The first-order chi connectivity index (χ1) is 19.0. The SMILES string of the molecule is Cc1cc(C)cc(-c2c(C(C)C)ccc3[cH-]c(C(C)(C)C)cc23)c1.[Cl][Zr+2][Cl].[c-]1cccc2c1[Si]c1ccccc1-2. The average Bonchev–Trinajstić information content (AvgIpc) is 3.50. The van der Waals surface area contributed by atoms with Crippen molar-refractivity contribution < 1.29 is 20.8 Å². The first-order valence-electron chi connectivity index (χ1n) is 13.7. The summed E-state index contributed by atoms with van der Waals surface area (Å²) < 4.78 is 0. The van der Waals surface area contributed by atoms with E-state index in [1.165, 1.54) is 65.7 Å². The van der Waals surface area contributed by atoms with E-state index in [0.717, 1.165) is 9.52 Å². The molecule has 0 amide bonds. The van der Waals surface area contributed by atoms with Crippen LogP contribution in [0.15, 0.2) is 84.9 Å². The van der Waals surface area contributed by atoms with Gasteiger partial charge in [0.2, 0.25) is 0 Å². The number of aryl methyl sites for hydroxylation is 2. The van der Waals surface area contributed by atoms with E-state index >= 15 is 0 Å². The van der Waals surface area contributed by atoms with Crippen molar-refractivity contribution in [1.29, 1.82) is 0 Å². The van der Waals surface area contributed by atoms with Crippen molar-refractivity contribution in [2.75, 3.05) is 0 Å². The van der Waals surface area contributed by atoms with E-state index in [9.17, 15) is 0 Å². The third-order valence-electron chi connectivity index (χ3n) is 7.25. The molecule has 5 aromatic rings. The molecular formula is C36H36Cl2SiZr. The molecule has 0 saturated carbocycles. The van der Waals surface area contributed by atoms with Gasteiger partial charge >= 0.3 is 37.9 Å². The second-order valence-electron chi connectivity index (χ2n) is 11.8. The van der Waals surface area contributed by atoms with Gasteiger partial charge in [-0.2, -0.15) is 35.5 Å². The zero-order valence-corrected chi connectivity index (χ0v) is 29.4. The summed E-state index contributed by atoms with van der Waals surface area (Å²) in [4.78, 5) is 0. The Bertz CT molecular complexity index is 1540. The van der Waals surface area contributed by atoms with Crippen molar-refractivity contribution in [2.24, 2.45) is 0 Å². The van der Waals surface area contributed by atoms with E-state index in [4.69, 9.17) is 17.0 Å². The molecule has 4 heteroatoms. The van der Waals surface area contributed by atoms with Gasteiger partial charge in [0.1, 0.15) is 0 Å². The zero-order chi connectivity index (χ0) is 29.0. The zero-order valence-electron chi connectivity index (χ0n) is 24.4. The Morgan fingerprint density at radius 2 is 1.50 bits per heavy atom. The second kappa shape index (κ2) is 13.4. The van der Waals surface area contributed by atoms with Crippen LogP contribution in [-0.4, -0.2) is 9.52 Å². The maximum absolute atomic E-state index is 4.93. The van der Waals surface area contributed by atoms with Crippen LogP contribution in [0.5, 0.6) is 0 Å². The standard InChI is InChI=1S/C24H29.C12H7Si.2ClH.Zr/c1-15(2)21-9-8-18-13-20(24(5,6)7)14-22(18)23(21)19-11-16(3)10-17(4)12-19;1-3-7-11-9(5-1)10-6-2-4-8-12(10)13-11;;;/h8-15H,1-7H3;1-7H;2*1H;/q2*-1;;;+4/p-2. The minimum Gasteiger partial charge on any atom is -0.184 e. The smallest absolute Gasteiger partial charge is 0.0920 e. The van der Waals surface area contributed by atoms with Crippen molar-refractivity contribution in [1.82, 2.24) is 0 Å². The van der Waals surface area contributed by atoms with Gasteiger partial charge in [-0.1, -0.05) is 110 Å². The molecule has 0 atom stereocenters. The predicted molar refractivity (Wildman–Crippen MR) is 175 cm³/mol. The predicted octanol–water partition coefficient (Wildman–Crippen LogP) is 9.76. The van der Waals surface area contributed by atoms with Gasteiger partial charge in [0.05, 0.1) is 9.52 Å². The number of fused-ring (bicyclic) bond motifs is 4. The van der Waals surface area contributed by atoms with Crippen LogP contribution in [0.4, 0.5) is 0 Å². The van der Waals surface area contributed by atoms with Gasteiger partial charge in [-0.25, -0.2) is 0 Å². The van der Waals surface area contributed by atoms with Crippen LogP contribution in [0.3, 0.4) is 0 Å². The first kappa shape index (κ1) is 31.1. The van der Waals surface area contributed by atoms with Crippen molar-refractivity contribution in [3.63, 3.8) is 0 Å². The minimum atomic E-state index is -0.826. The van der Waals surface area contributed by atoms with Gasteiger partial charge in [-0.3, -0.25) is 0 Å². The fourth-order valence-electron chi connectivity index (χ4n) is 5.38. The van der Waals surface area contributed by atoms with E-state index in [0.29, 0.717) is 5.92 Å².